The third-order valence-corrected chi connectivity index (χ3v) is 5.91. The van der Waals surface area contributed by atoms with Gasteiger partial charge in [-0.1, -0.05) is 60.7 Å². The lowest BCUT2D eigenvalue weighted by Crippen LogP contribution is -2.54. The van der Waals surface area contributed by atoms with Gasteiger partial charge in [0.25, 0.3) is 0 Å². The Morgan fingerprint density at radius 3 is 1.83 bits per heavy atom. The van der Waals surface area contributed by atoms with E-state index in [0.29, 0.717) is 19.5 Å². The van der Waals surface area contributed by atoms with Crippen molar-refractivity contribution in [2.24, 2.45) is 0 Å². The number of benzene rings is 2. The highest BCUT2D eigenvalue weighted by molar-refractivity contribution is 5.86. The standard InChI is InChI=1S/C23H28N4O2/c1-17(28)20-16-21(25-24-20)23(29)27-14-12-26(13-15-27)22(18-8-4-2-5-9-18)19-10-6-3-7-11-19/h2-11,20-22,24-25H,12-16H2,1H3. The van der Waals surface area contributed by atoms with E-state index in [0.717, 1.165) is 13.1 Å². The van der Waals surface area contributed by atoms with E-state index in [1.165, 1.54) is 11.1 Å². The summed E-state index contributed by atoms with van der Waals surface area (Å²) in [6, 6.07) is 20.7. The molecule has 1 amide bonds. The molecule has 29 heavy (non-hydrogen) atoms. The molecule has 2 aromatic rings. The fourth-order valence-electron chi connectivity index (χ4n) is 4.29. The van der Waals surface area contributed by atoms with Gasteiger partial charge in [0.2, 0.25) is 5.91 Å². The van der Waals surface area contributed by atoms with Crippen molar-refractivity contribution in [2.75, 3.05) is 26.2 Å². The summed E-state index contributed by atoms with van der Waals surface area (Å²) in [5.74, 6) is 0.142. The van der Waals surface area contributed by atoms with E-state index in [2.05, 4.69) is 64.3 Å². The molecule has 0 saturated carbocycles. The number of carbonyl (C=O) groups excluding carboxylic acids is 2. The van der Waals surface area contributed by atoms with Crippen LogP contribution < -0.4 is 10.9 Å². The number of nitrogens with one attached hydrogen (secondary N) is 2. The number of rotatable bonds is 5. The number of hydrogen-bond donors (Lipinski definition) is 2. The number of ketones is 1. The Morgan fingerprint density at radius 2 is 1.34 bits per heavy atom. The van der Waals surface area contributed by atoms with Crippen LogP contribution in [0.1, 0.15) is 30.5 Å². The third-order valence-electron chi connectivity index (χ3n) is 5.91. The molecule has 2 heterocycles. The van der Waals surface area contributed by atoms with Gasteiger partial charge in [-0.3, -0.25) is 14.5 Å². The topological polar surface area (TPSA) is 64.7 Å². The summed E-state index contributed by atoms with van der Waals surface area (Å²) >= 11 is 0. The zero-order valence-electron chi connectivity index (χ0n) is 16.8. The Morgan fingerprint density at radius 1 is 0.828 bits per heavy atom. The normalized spacial score (nSPS) is 22.8. The first kappa shape index (κ1) is 19.8. The van der Waals surface area contributed by atoms with Crippen LogP contribution in [0, 0.1) is 0 Å². The van der Waals surface area contributed by atoms with Crippen molar-refractivity contribution in [3.63, 3.8) is 0 Å². The summed E-state index contributed by atoms with van der Waals surface area (Å²) in [4.78, 5) is 28.8. The van der Waals surface area contributed by atoms with E-state index in [1.54, 1.807) is 6.92 Å². The molecule has 0 spiro atoms. The second kappa shape index (κ2) is 8.86. The van der Waals surface area contributed by atoms with Crippen LogP contribution in [0.15, 0.2) is 60.7 Å². The van der Waals surface area contributed by atoms with Crippen LogP contribution in [-0.4, -0.2) is 59.8 Å². The van der Waals surface area contributed by atoms with Crippen molar-refractivity contribution >= 4 is 11.7 Å². The Balaban J connectivity index is 1.43. The zero-order valence-corrected chi connectivity index (χ0v) is 16.8. The lowest BCUT2D eigenvalue weighted by molar-refractivity contribution is -0.135. The van der Waals surface area contributed by atoms with Gasteiger partial charge in [0.1, 0.15) is 11.8 Å². The highest BCUT2D eigenvalue weighted by Gasteiger charge is 2.36. The fraction of sp³-hybridized carbons (Fsp3) is 0.391. The molecule has 4 rings (SSSR count). The molecule has 2 aromatic carbocycles. The van der Waals surface area contributed by atoms with Crippen LogP contribution in [0.5, 0.6) is 0 Å². The Kier molecular flexibility index (Phi) is 6.04. The Labute approximate surface area is 171 Å². The minimum absolute atomic E-state index is 0.0613. The molecular weight excluding hydrogens is 364 g/mol. The van der Waals surface area contributed by atoms with Gasteiger partial charge < -0.3 is 4.90 Å². The van der Waals surface area contributed by atoms with Crippen molar-refractivity contribution in [2.45, 2.75) is 31.5 Å². The molecule has 2 atom stereocenters. The van der Waals surface area contributed by atoms with Gasteiger partial charge in [0.15, 0.2) is 0 Å². The smallest absolute Gasteiger partial charge is 0.241 e. The van der Waals surface area contributed by atoms with Crippen LogP contribution in [0.2, 0.25) is 0 Å². The Bertz CT molecular complexity index is 795. The number of hydrazine groups is 1. The highest BCUT2D eigenvalue weighted by Crippen LogP contribution is 2.29. The van der Waals surface area contributed by atoms with Gasteiger partial charge in [0.05, 0.1) is 12.1 Å². The Hall–Kier alpha value is -2.54. The van der Waals surface area contributed by atoms with Crippen LogP contribution in [-0.2, 0) is 9.59 Å². The van der Waals surface area contributed by atoms with Crippen LogP contribution in [0.3, 0.4) is 0 Å². The number of nitrogens with zero attached hydrogens (tertiary/aromatic N) is 2. The quantitative estimate of drug-likeness (QED) is 0.812. The molecular formula is C23H28N4O2. The molecule has 2 aliphatic rings. The average molecular weight is 393 g/mol. The maximum absolute atomic E-state index is 12.9. The van der Waals surface area contributed by atoms with Crippen LogP contribution in [0.25, 0.3) is 0 Å². The summed E-state index contributed by atoms with van der Waals surface area (Å²) in [7, 11) is 0. The molecule has 6 nitrogen and oxygen atoms in total. The van der Waals surface area contributed by atoms with Crippen LogP contribution >= 0.6 is 0 Å². The molecule has 2 aliphatic heterocycles. The molecule has 0 aromatic heterocycles. The third kappa shape index (κ3) is 4.40. The number of carbonyl (C=O) groups is 2. The zero-order chi connectivity index (χ0) is 20.2. The monoisotopic (exact) mass is 392 g/mol. The first-order valence-corrected chi connectivity index (χ1v) is 10.3. The van der Waals surface area contributed by atoms with Gasteiger partial charge in [-0.15, -0.1) is 0 Å². The maximum atomic E-state index is 12.9. The second-order valence-corrected chi connectivity index (χ2v) is 7.83. The SMILES string of the molecule is CC(=O)C1CC(C(=O)N2CCN(C(c3ccccc3)c3ccccc3)CC2)NN1. The molecule has 2 saturated heterocycles. The largest absolute Gasteiger partial charge is 0.339 e. The minimum Gasteiger partial charge on any atom is -0.339 e. The maximum Gasteiger partial charge on any atom is 0.241 e. The summed E-state index contributed by atoms with van der Waals surface area (Å²) in [5.41, 5.74) is 8.47. The van der Waals surface area contributed by atoms with Crippen molar-refractivity contribution in [1.29, 1.82) is 0 Å². The van der Waals surface area contributed by atoms with Crippen LogP contribution in [0.4, 0.5) is 0 Å². The summed E-state index contributed by atoms with van der Waals surface area (Å²) in [6.07, 6.45) is 0.519. The fourth-order valence-corrected chi connectivity index (χ4v) is 4.29. The lowest BCUT2D eigenvalue weighted by Gasteiger charge is -2.40. The van der Waals surface area contributed by atoms with Gasteiger partial charge in [-0.25, -0.2) is 10.9 Å². The predicted octanol–water partition coefficient (Wildman–Crippen LogP) is 1.74. The molecule has 2 N–H and O–H groups in total. The molecule has 0 bridgehead atoms. The molecule has 6 heteroatoms. The van der Waals surface area contributed by atoms with Crippen molar-refractivity contribution in [3.8, 4) is 0 Å². The van der Waals surface area contributed by atoms with E-state index in [1.807, 2.05) is 17.0 Å². The highest BCUT2D eigenvalue weighted by atomic mass is 16.2. The molecule has 0 radical (unpaired) electrons. The first-order chi connectivity index (χ1) is 14.1. The van der Waals surface area contributed by atoms with Gasteiger partial charge >= 0.3 is 0 Å². The summed E-state index contributed by atoms with van der Waals surface area (Å²) < 4.78 is 0. The number of amides is 1. The van der Waals surface area contributed by atoms with E-state index in [-0.39, 0.29) is 29.8 Å². The van der Waals surface area contributed by atoms with Crippen molar-refractivity contribution < 1.29 is 9.59 Å². The number of hydrogen-bond acceptors (Lipinski definition) is 5. The molecule has 2 fully saturated rings. The second-order valence-electron chi connectivity index (χ2n) is 7.83. The van der Waals surface area contributed by atoms with E-state index in [9.17, 15) is 9.59 Å². The first-order valence-electron chi connectivity index (χ1n) is 10.3. The molecule has 0 aliphatic carbocycles. The molecule has 2 unspecified atom stereocenters. The number of piperazine rings is 1. The van der Waals surface area contributed by atoms with E-state index < -0.39 is 0 Å². The van der Waals surface area contributed by atoms with Gasteiger partial charge in [-0.05, 0) is 24.5 Å². The summed E-state index contributed by atoms with van der Waals surface area (Å²) in [5, 5.41) is 0. The van der Waals surface area contributed by atoms with E-state index in [4.69, 9.17) is 0 Å². The average Bonchev–Trinajstić information content (AvgIpc) is 3.26. The summed E-state index contributed by atoms with van der Waals surface area (Å²) in [6.45, 7) is 4.57. The molecule has 152 valence electrons. The predicted molar refractivity (Wildman–Crippen MR) is 112 cm³/mol. The number of Topliss-reactive ketones (excluding diaryl/α,β-unsaturated/α-hetero) is 1. The lowest BCUT2D eigenvalue weighted by atomic mass is 9.96. The minimum atomic E-state index is -0.325. The van der Waals surface area contributed by atoms with Gasteiger partial charge in [0, 0.05) is 26.2 Å². The van der Waals surface area contributed by atoms with Gasteiger partial charge in [-0.2, -0.15) is 0 Å². The van der Waals surface area contributed by atoms with E-state index >= 15 is 0 Å². The van der Waals surface area contributed by atoms with Crippen molar-refractivity contribution in [1.82, 2.24) is 20.7 Å². The van der Waals surface area contributed by atoms with Crippen molar-refractivity contribution in [3.05, 3.63) is 71.8 Å².